The normalized spacial score (nSPS) is 21.4. The molecule has 1 saturated heterocycles. The average Bonchev–Trinajstić information content (AvgIpc) is 2.91. The molecule has 0 bridgehead atoms. The van der Waals surface area contributed by atoms with Crippen LogP contribution in [0.5, 0.6) is 0 Å². The number of benzene rings is 3. The number of hydrogen-bond acceptors (Lipinski definition) is 2. The van der Waals surface area contributed by atoms with Crippen LogP contribution in [-0.2, 0) is 9.31 Å². The van der Waals surface area contributed by atoms with Crippen molar-refractivity contribution in [1.29, 1.82) is 0 Å². The van der Waals surface area contributed by atoms with Gasteiger partial charge >= 0.3 is 7.12 Å². The first-order valence-electron chi connectivity index (χ1n) is 10.9. The van der Waals surface area contributed by atoms with E-state index < -0.39 is 24.4 Å². The third-order valence-corrected chi connectivity index (χ3v) is 5.21. The third-order valence-electron chi connectivity index (χ3n) is 5.21. The van der Waals surface area contributed by atoms with E-state index in [0.29, 0.717) is 5.56 Å². The molecular formula is C22H23BO2. The molecule has 4 rings (SSSR count). The van der Waals surface area contributed by atoms with Crippen molar-refractivity contribution in [3.63, 3.8) is 0 Å². The molecule has 0 spiro atoms. The van der Waals surface area contributed by atoms with Gasteiger partial charge in [-0.2, -0.15) is 0 Å². The van der Waals surface area contributed by atoms with E-state index in [1.807, 2.05) is 58.0 Å². The molecule has 0 aliphatic carbocycles. The molecule has 1 aliphatic rings. The van der Waals surface area contributed by atoms with Gasteiger partial charge in [-0.15, -0.1) is 0 Å². The van der Waals surface area contributed by atoms with Crippen LogP contribution in [0.3, 0.4) is 0 Å². The fourth-order valence-corrected chi connectivity index (χ4v) is 3.03. The van der Waals surface area contributed by atoms with Gasteiger partial charge in [0.05, 0.1) is 18.1 Å². The van der Waals surface area contributed by atoms with Crippen molar-refractivity contribution in [3.8, 4) is 11.1 Å². The summed E-state index contributed by atoms with van der Waals surface area (Å²) in [7, 11) is -0.509. The van der Waals surface area contributed by atoms with Crippen LogP contribution >= 0.6 is 0 Å². The van der Waals surface area contributed by atoms with E-state index in [1.165, 1.54) is 0 Å². The highest BCUT2D eigenvalue weighted by molar-refractivity contribution is 6.65. The molecule has 0 radical (unpaired) electrons. The predicted molar refractivity (Wildman–Crippen MR) is 105 cm³/mol. The lowest BCUT2D eigenvalue weighted by Crippen LogP contribution is -2.41. The Balaban J connectivity index is 1.84. The van der Waals surface area contributed by atoms with Gasteiger partial charge in [0.25, 0.3) is 0 Å². The first kappa shape index (κ1) is 11.5. The predicted octanol–water partition coefficient (Wildman–Crippen LogP) is 4.81. The Hall–Kier alpha value is -2.10. The van der Waals surface area contributed by atoms with E-state index in [2.05, 4.69) is 0 Å². The molecule has 3 heteroatoms. The molecule has 3 aromatic rings. The van der Waals surface area contributed by atoms with Gasteiger partial charge in [-0.1, -0.05) is 60.5 Å². The summed E-state index contributed by atoms with van der Waals surface area (Å²) in [6.45, 7) is 8.03. The molecule has 3 aromatic carbocycles. The summed E-state index contributed by atoms with van der Waals surface area (Å²) in [5.74, 6) is 0. The summed E-state index contributed by atoms with van der Waals surface area (Å²) in [4.78, 5) is 0. The molecule has 1 heterocycles. The fourth-order valence-electron chi connectivity index (χ4n) is 3.03. The zero-order valence-corrected chi connectivity index (χ0v) is 14.9. The zero-order chi connectivity index (χ0) is 22.0. The summed E-state index contributed by atoms with van der Waals surface area (Å²) in [6, 6.07) is 9.86. The lowest BCUT2D eigenvalue weighted by Gasteiger charge is -2.32. The van der Waals surface area contributed by atoms with Crippen molar-refractivity contribution in [2.45, 2.75) is 38.9 Å². The maximum absolute atomic E-state index is 8.23. The van der Waals surface area contributed by atoms with Gasteiger partial charge in [0.15, 0.2) is 0 Å². The van der Waals surface area contributed by atoms with Crippen LogP contribution in [0.1, 0.15) is 34.5 Å². The molecule has 0 unspecified atom stereocenters. The highest BCUT2D eigenvalue weighted by Crippen LogP contribution is 2.37. The molecule has 0 N–H and O–H groups in total. The standard InChI is InChI=1S/C22H23BO2/c1-21(2)22(3,4)25-23(24-21)20-12-8-11-18-15-17(13-14-19(18)20)16-9-6-5-7-10-16/h5-15H,1-4H3/i5D,6D,7D,9D,10D. The minimum Gasteiger partial charge on any atom is -0.399 e. The Labute approximate surface area is 156 Å². The van der Waals surface area contributed by atoms with E-state index >= 15 is 0 Å². The molecule has 0 amide bonds. The minimum absolute atomic E-state index is 0.198. The molecular weight excluding hydrogens is 307 g/mol. The molecule has 126 valence electrons. The summed E-state index contributed by atoms with van der Waals surface area (Å²) in [5.41, 5.74) is 0.772. The lowest BCUT2D eigenvalue weighted by atomic mass is 9.76. The highest BCUT2D eigenvalue weighted by atomic mass is 16.7. The monoisotopic (exact) mass is 335 g/mol. The van der Waals surface area contributed by atoms with Gasteiger partial charge in [-0.25, -0.2) is 0 Å². The van der Waals surface area contributed by atoms with Crippen LogP contribution in [0.4, 0.5) is 0 Å². The Kier molecular flexibility index (Phi) is 2.63. The molecule has 25 heavy (non-hydrogen) atoms. The second-order valence-corrected chi connectivity index (χ2v) is 7.37. The summed E-state index contributed by atoms with van der Waals surface area (Å²) in [5, 5.41) is 1.82. The number of rotatable bonds is 2. The highest BCUT2D eigenvalue weighted by Gasteiger charge is 2.52. The molecule has 0 atom stereocenters. The van der Waals surface area contributed by atoms with E-state index in [0.717, 1.165) is 16.2 Å². The van der Waals surface area contributed by atoms with E-state index in [4.69, 9.17) is 16.2 Å². The smallest absolute Gasteiger partial charge is 0.399 e. The maximum atomic E-state index is 8.23. The number of fused-ring (bicyclic) bond motifs is 1. The van der Waals surface area contributed by atoms with Crippen molar-refractivity contribution < 1.29 is 16.2 Å². The van der Waals surface area contributed by atoms with Crippen molar-refractivity contribution in [1.82, 2.24) is 0 Å². The Morgan fingerprint density at radius 2 is 1.52 bits per heavy atom. The minimum atomic E-state index is -0.509. The fraction of sp³-hybridized carbons (Fsp3) is 0.273. The molecule has 2 nitrogen and oxygen atoms in total. The van der Waals surface area contributed by atoms with Gasteiger partial charge in [0, 0.05) is 0 Å². The maximum Gasteiger partial charge on any atom is 0.495 e. The van der Waals surface area contributed by atoms with Crippen LogP contribution in [0.25, 0.3) is 21.9 Å². The Bertz CT molecular complexity index is 1130. The van der Waals surface area contributed by atoms with Crippen LogP contribution in [0, 0.1) is 0 Å². The van der Waals surface area contributed by atoms with Crippen molar-refractivity contribution in [2.75, 3.05) is 0 Å². The van der Waals surface area contributed by atoms with Crippen LogP contribution < -0.4 is 5.46 Å². The SMILES string of the molecule is [2H]c1c([2H])c([2H])c(-c2ccc3c(B4OC(C)(C)C(C)(C)O4)cccc3c2)c([2H])c1[2H]. The summed E-state index contributed by atoms with van der Waals surface area (Å²) < 4.78 is 52.5. The quantitative estimate of drug-likeness (QED) is 0.626. The van der Waals surface area contributed by atoms with Crippen molar-refractivity contribution in [2.24, 2.45) is 0 Å². The molecule has 0 aromatic heterocycles. The van der Waals surface area contributed by atoms with Crippen LogP contribution in [0.15, 0.2) is 66.6 Å². The molecule has 1 aliphatic heterocycles. The topological polar surface area (TPSA) is 18.5 Å². The average molecular weight is 335 g/mol. The van der Waals surface area contributed by atoms with Gasteiger partial charge in [0.1, 0.15) is 0 Å². The lowest BCUT2D eigenvalue weighted by molar-refractivity contribution is 0.00578. The van der Waals surface area contributed by atoms with Crippen molar-refractivity contribution in [3.05, 3.63) is 66.6 Å². The largest absolute Gasteiger partial charge is 0.495 e. The summed E-state index contributed by atoms with van der Waals surface area (Å²) >= 11 is 0. The Morgan fingerprint density at radius 1 is 0.840 bits per heavy atom. The zero-order valence-electron chi connectivity index (χ0n) is 19.9. The van der Waals surface area contributed by atoms with E-state index in [1.54, 1.807) is 6.07 Å². The second kappa shape index (κ2) is 5.72. The molecule has 1 fully saturated rings. The third kappa shape index (κ3) is 2.78. The van der Waals surface area contributed by atoms with E-state index in [9.17, 15) is 0 Å². The first-order valence-corrected chi connectivity index (χ1v) is 8.40. The molecule has 0 saturated carbocycles. The number of hydrogen-bond donors (Lipinski definition) is 0. The van der Waals surface area contributed by atoms with Gasteiger partial charge in [0.2, 0.25) is 0 Å². The van der Waals surface area contributed by atoms with Gasteiger partial charge in [-0.3, -0.25) is 0 Å². The van der Waals surface area contributed by atoms with Crippen molar-refractivity contribution >= 4 is 23.4 Å². The van der Waals surface area contributed by atoms with Gasteiger partial charge in [-0.05, 0) is 61.1 Å². The summed E-state index contributed by atoms with van der Waals surface area (Å²) in [6.07, 6.45) is 0. The van der Waals surface area contributed by atoms with E-state index in [-0.39, 0.29) is 29.7 Å². The first-order chi connectivity index (χ1) is 13.9. The van der Waals surface area contributed by atoms with Crippen LogP contribution in [0.2, 0.25) is 0 Å². The van der Waals surface area contributed by atoms with Crippen LogP contribution in [-0.4, -0.2) is 18.3 Å². The Morgan fingerprint density at radius 3 is 2.20 bits per heavy atom. The van der Waals surface area contributed by atoms with Gasteiger partial charge < -0.3 is 9.31 Å². The second-order valence-electron chi connectivity index (χ2n) is 7.37.